The van der Waals surface area contributed by atoms with E-state index >= 15 is 0 Å². The summed E-state index contributed by atoms with van der Waals surface area (Å²) in [6.07, 6.45) is 2.18. The average molecular weight is 340 g/mol. The number of aryl methyl sites for hydroxylation is 1. The van der Waals surface area contributed by atoms with Crippen molar-refractivity contribution in [2.75, 3.05) is 5.32 Å². The molecule has 0 radical (unpaired) electrons. The van der Waals surface area contributed by atoms with E-state index in [1.54, 1.807) is 6.92 Å². The van der Waals surface area contributed by atoms with Crippen LogP contribution in [0.15, 0.2) is 52.9 Å². The molecule has 1 aliphatic carbocycles. The van der Waals surface area contributed by atoms with Crippen LogP contribution in [0.25, 0.3) is 11.5 Å². The van der Waals surface area contributed by atoms with Gasteiger partial charge in [-0.25, -0.2) is 0 Å². The van der Waals surface area contributed by atoms with E-state index < -0.39 is 0 Å². The van der Waals surface area contributed by atoms with Crippen molar-refractivity contribution in [3.05, 3.63) is 65.0 Å². The van der Waals surface area contributed by atoms with Gasteiger partial charge in [-0.1, -0.05) is 35.9 Å². The lowest BCUT2D eigenvalue weighted by atomic mass is 9.76. The van der Waals surface area contributed by atoms with Crippen LogP contribution in [0.3, 0.4) is 0 Å². The largest absolute Gasteiger partial charge is 0.421 e. The van der Waals surface area contributed by atoms with Gasteiger partial charge >= 0.3 is 0 Å². The molecule has 1 saturated carbocycles. The molecule has 0 unspecified atom stereocenters. The zero-order chi connectivity index (χ0) is 16.5. The highest BCUT2D eigenvalue weighted by Gasteiger charge is 2.31. The van der Waals surface area contributed by atoms with Gasteiger partial charge < -0.3 is 9.73 Å². The Kier molecular flexibility index (Phi) is 3.98. The molecule has 0 amide bonds. The van der Waals surface area contributed by atoms with Gasteiger partial charge in [-0.15, -0.1) is 10.2 Å². The van der Waals surface area contributed by atoms with Crippen molar-refractivity contribution in [3.8, 4) is 11.5 Å². The van der Waals surface area contributed by atoms with Crippen LogP contribution in [-0.4, -0.2) is 16.2 Å². The van der Waals surface area contributed by atoms with Crippen LogP contribution in [0.5, 0.6) is 0 Å². The highest BCUT2D eigenvalue weighted by molar-refractivity contribution is 6.31. The minimum absolute atomic E-state index is 0.464. The second-order valence-electron chi connectivity index (χ2n) is 6.24. The summed E-state index contributed by atoms with van der Waals surface area (Å²) in [5, 5.41) is 12.4. The van der Waals surface area contributed by atoms with Gasteiger partial charge in [0.1, 0.15) is 0 Å². The Hall–Kier alpha value is -2.33. The number of benzene rings is 2. The van der Waals surface area contributed by atoms with Crippen LogP contribution in [0.4, 0.5) is 5.69 Å². The molecule has 0 aliphatic heterocycles. The second-order valence-corrected chi connectivity index (χ2v) is 6.65. The maximum absolute atomic E-state index is 6.29. The van der Waals surface area contributed by atoms with Crippen LogP contribution < -0.4 is 5.32 Å². The molecule has 0 atom stereocenters. The van der Waals surface area contributed by atoms with Gasteiger partial charge in [0.2, 0.25) is 11.8 Å². The first-order chi connectivity index (χ1) is 11.7. The standard InChI is InChI=1S/C19H18ClN3O/c1-12-22-23-19(24-12)13-5-4-6-15(9-13)21-16-10-14(11-16)17-7-2-3-8-18(17)20/h2-9,14,16,21H,10-11H2,1H3. The molecule has 3 aromatic rings. The lowest BCUT2D eigenvalue weighted by molar-refractivity contribution is 0.374. The Balaban J connectivity index is 1.42. The fourth-order valence-electron chi connectivity index (χ4n) is 3.19. The maximum atomic E-state index is 6.29. The zero-order valence-electron chi connectivity index (χ0n) is 13.4. The summed E-state index contributed by atoms with van der Waals surface area (Å²) in [5.41, 5.74) is 3.26. The van der Waals surface area contributed by atoms with Gasteiger partial charge in [0.25, 0.3) is 0 Å². The summed E-state index contributed by atoms with van der Waals surface area (Å²) in [5.74, 6) is 1.67. The van der Waals surface area contributed by atoms with E-state index in [0.29, 0.717) is 23.7 Å². The predicted octanol–water partition coefficient (Wildman–Crippen LogP) is 5.06. The number of nitrogens with zero attached hydrogens (tertiary/aromatic N) is 2. The molecule has 0 saturated heterocycles. The van der Waals surface area contributed by atoms with E-state index in [1.807, 2.05) is 24.3 Å². The van der Waals surface area contributed by atoms with Crippen molar-refractivity contribution < 1.29 is 4.42 Å². The Morgan fingerprint density at radius 2 is 1.92 bits per heavy atom. The smallest absolute Gasteiger partial charge is 0.247 e. The number of nitrogens with one attached hydrogen (secondary N) is 1. The van der Waals surface area contributed by atoms with E-state index in [2.05, 4.69) is 39.8 Å². The topological polar surface area (TPSA) is 51.0 Å². The molecule has 1 fully saturated rings. The summed E-state index contributed by atoms with van der Waals surface area (Å²) in [4.78, 5) is 0. The summed E-state index contributed by atoms with van der Waals surface area (Å²) < 4.78 is 5.49. The molecule has 1 heterocycles. The lowest BCUT2D eigenvalue weighted by Gasteiger charge is -2.37. The minimum Gasteiger partial charge on any atom is -0.421 e. The first kappa shape index (κ1) is 15.2. The lowest BCUT2D eigenvalue weighted by Crippen LogP contribution is -2.34. The van der Waals surface area contributed by atoms with Crippen LogP contribution in [0.1, 0.15) is 30.2 Å². The maximum Gasteiger partial charge on any atom is 0.247 e. The van der Waals surface area contributed by atoms with Gasteiger partial charge in [0.15, 0.2) is 0 Å². The molecule has 0 bridgehead atoms. The Morgan fingerprint density at radius 1 is 1.08 bits per heavy atom. The number of rotatable bonds is 4. The van der Waals surface area contributed by atoms with Gasteiger partial charge in [-0.05, 0) is 48.6 Å². The first-order valence-corrected chi connectivity index (χ1v) is 8.48. The Labute approximate surface area is 145 Å². The van der Waals surface area contributed by atoms with Gasteiger partial charge in [0, 0.05) is 29.2 Å². The van der Waals surface area contributed by atoms with Gasteiger partial charge in [-0.3, -0.25) is 0 Å². The molecule has 2 aromatic carbocycles. The van der Waals surface area contributed by atoms with Crippen LogP contribution in [0.2, 0.25) is 5.02 Å². The highest BCUT2D eigenvalue weighted by Crippen LogP contribution is 2.41. The molecule has 4 nitrogen and oxygen atoms in total. The summed E-state index contributed by atoms with van der Waals surface area (Å²) in [7, 11) is 0. The number of aromatic nitrogens is 2. The summed E-state index contributed by atoms with van der Waals surface area (Å²) >= 11 is 6.29. The monoisotopic (exact) mass is 339 g/mol. The molecule has 122 valence electrons. The molecular formula is C19H18ClN3O. The number of hydrogen-bond donors (Lipinski definition) is 1. The third-order valence-electron chi connectivity index (χ3n) is 4.49. The summed E-state index contributed by atoms with van der Waals surface area (Å²) in [6, 6.07) is 16.7. The molecular weight excluding hydrogens is 322 g/mol. The van der Waals surface area contributed by atoms with Crippen molar-refractivity contribution in [1.82, 2.24) is 10.2 Å². The second kappa shape index (κ2) is 6.29. The number of anilines is 1. The summed E-state index contributed by atoms with van der Waals surface area (Å²) in [6.45, 7) is 1.79. The molecule has 5 heteroatoms. The fourth-order valence-corrected chi connectivity index (χ4v) is 3.48. The normalized spacial score (nSPS) is 19.8. The molecule has 1 N–H and O–H groups in total. The van der Waals surface area contributed by atoms with Crippen molar-refractivity contribution in [2.45, 2.75) is 31.7 Å². The molecule has 4 rings (SSSR count). The van der Waals surface area contributed by atoms with E-state index in [1.165, 1.54) is 5.56 Å². The fraction of sp³-hybridized carbons (Fsp3) is 0.263. The van der Waals surface area contributed by atoms with Gasteiger partial charge in [0.05, 0.1) is 0 Å². The van der Waals surface area contributed by atoms with Crippen molar-refractivity contribution in [1.29, 1.82) is 0 Å². The molecule has 1 aliphatic rings. The quantitative estimate of drug-likeness (QED) is 0.722. The Morgan fingerprint density at radius 3 is 2.67 bits per heavy atom. The minimum atomic E-state index is 0.464. The third kappa shape index (κ3) is 3.02. The van der Waals surface area contributed by atoms with E-state index in [4.69, 9.17) is 16.0 Å². The van der Waals surface area contributed by atoms with E-state index in [0.717, 1.165) is 29.1 Å². The van der Waals surface area contributed by atoms with Crippen molar-refractivity contribution in [3.63, 3.8) is 0 Å². The SMILES string of the molecule is Cc1nnc(-c2cccc(NC3CC(c4ccccc4Cl)C3)c2)o1. The van der Waals surface area contributed by atoms with Crippen LogP contribution in [-0.2, 0) is 0 Å². The first-order valence-electron chi connectivity index (χ1n) is 8.10. The van der Waals surface area contributed by atoms with Crippen LogP contribution in [0, 0.1) is 6.92 Å². The number of halogens is 1. The number of hydrogen-bond acceptors (Lipinski definition) is 4. The highest BCUT2D eigenvalue weighted by atomic mass is 35.5. The van der Waals surface area contributed by atoms with Crippen LogP contribution >= 0.6 is 11.6 Å². The molecule has 24 heavy (non-hydrogen) atoms. The predicted molar refractivity (Wildman–Crippen MR) is 95.3 cm³/mol. The van der Waals surface area contributed by atoms with E-state index in [9.17, 15) is 0 Å². The van der Waals surface area contributed by atoms with E-state index in [-0.39, 0.29) is 0 Å². The third-order valence-corrected chi connectivity index (χ3v) is 4.83. The van der Waals surface area contributed by atoms with Crippen molar-refractivity contribution in [2.24, 2.45) is 0 Å². The molecule has 1 aromatic heterocycles. The van der Waals surface area contributed by atoms with Gasteiger partial charge in [-0.2, -0.15) is 0 Å². The Bertz CT molecular complexity index is 855. The molecule has 0 spiro atoms. The average Bonchev–Trinajstić information content (AvgIpc) is 2.98. The zero-order valence-corrected chi connectivity index (χ0v) is 14.1. The van der Waals surface area contributed by atoms with Crippen molar-refractivity contribution >= 4 is 17.3 Å².